The monoisotopic (exact) mass is 383 g/mol. The van der Waals surface area contributed by atoms with Crippen molar-refractivity contribution in [3.8, 4) is 0 Å². The Morgan fingerprint density at radius 1 is 1.36 bits per heavy atom. The molecule has 0 unspecified atom stereocenters. The number of nitrogens with one attached hydrogen (secondary N) is 3. The first-order valence-electron chi connectivity index (χ1n) is 8.37. The molecular weight excluding hydrogens is 361 g/mol. The number of carbonyl (C=O) groups excluding carboxylic acids is 2. The number of rotatable bonds is 6. The summed E-state index contributed by atoms with van der Waals surface area (Å²) >= 11 is 12.0. The van der Waals surface area contributed by atoms with Gasteiger partial charge in [0, 0.05) is 18.7 Å². The highest BCUT2D eigenvalue weighted by Gasteiger charge is 2.21. The van der Waals surface area contributed by atoms with Gasteiger partial charge in [-0.25, -0.2) is 0 Å². The molecule has 25 heavy (non-hydrogen) atoms. The van der Waals surface area contributed by atoms with E-state index in [0.29, 0.717) is 29.4 Å². The fourth-order valence-corrected chi connectivity index (χ4v) is 3.01. The molecule has 1 aliphatic rings. The molecule has 1 saturated heterocycles. The third-order valence-corrected chi connectivity index (χ3v) is 4.88. The van der Waals surface area contributed by atoms with E-state index in [-0.39, 0.29) is 17.9 Å². The molecule has 1 heterocycles. The molecule has 5 nitrogen and oxygen atoms in total. The van der Waals surface area contributed by atoms with Crippen LogP contribution in [-0.2, 0) is 16.0 Å². The summed E-state index contributed by atoms with van der Waals surface area (Å²) in [6.07, 6.45) is 6.46. The highest BCUT2D eigenvalue weighted by atomic mass is 35.5. The summed E-state index contributed by atoms with van der Waals surface area (Å²) in [5.74, 6) is -0.378. The van der Waals surface area contributed by atoms with E-state index in [1.807, 2.05) is 19.2 Å². The van der Waals surface area contributed by atoms with Gasteiger partial charge in [0.1, 0.15) is 6.04 Å². The van der Waals surface area contributed by atoms with Gasteiger partial charge < -0.3 is 16.0 Å². The van der Waals surface area contributed by atoms with Gasteiger partial charge in [-0.15, -0.1) is 0 Å². The van der Waals surface area contributed by atoms with E-state index in [2.05, 4.69) is 16.0 Å². The van der Waals surface area contributed by atoms with E-state index >= 15 is 0 Å². The SMILES string of the molecule is CN[C@@H](/C=C/C(=O)N[C@@H]1CCCCNC1=O)Cc1ccc(Cl)c(Cl)c1. The Morgan fingerprint density at radius 2 is 2.16 bits per heavy atom. The molecule has 0 saturated carbocycles. The van der Waals surface area contributed by atoms with Crippen LogP contribution in [0.15, 0.2) is 30.4 Å². The zero-order chi connectivity index (χ0) is 18.2. The number of likely N-dealkylation sites (N-methyl/N-ethyl adjacent to an activating group) is 1. The summed E-state index contributed by atoms with van der Waals surface area (Å²) in [6.45, 7) is 0.673. The van der Waals surface area contributed by atoms with E-state index in [9.17, 15) is 9.59 Å². The zero-order valence-corrected chi connectivity index (χ0v) is 15.7. The molecule has 2 atom stereocenters. The number of carbonyl (C=O) groups is 2. The minimum atomic E-state index is -0.456. The van der Waals surface area contributed by atoms with Crippen molar-refractivity contribution in [2.45, 2.75) is 37.8 Å². The molecule has 2 amide bonds. The first-order valence-corrected chi connectivity index (χ1v) is 9.13. The van der Waals surface area contributed by atoms with Crippen LogP contribution in [-0.4, -0.2) is 37.5 Å². The van der Waals surface area contributed by atoms with Gasteiger partial charge in [0.05, 0.1) is 10.0 Å². The van der Waals surface area contributed by atoms with E-state index in [0.717, 1.165) is 18.4 Å². The van der Waals surface area contributed by atoms with Gasteiger partial charge in [-0.3, -0.25) is 9.59 Å². The third-order valence-electron chi connectivity index (χ3n) is 4.14. The molecule has 0 spiro atoms. The quantitative estimate of drug-likeness (QED) is 0.660. The Balaban J connectivity index is 1.91. The van der Waals surface area contributed by atoms with Crippen LogP contribution in [0.25, 0.3) is 0 Å². The smallest absolute Gasteiger partial charge is 0.244 e. The van der Waals surface area contributed by atoms with Crippen molar-refractivity contribution < 1.29 is 9.59 Å². The fraction of sp³-hybridized carbons (Fsp3) is 0.444. The normalized spacial score (nSPS) is 19.3. The molecule has 2 rings (SSSR count). The van der Waals surface area contributed by atoms with Crippen molar-refractivity contribution in [3.05, 3.63) is 46.0 Å². The molecular formula is C18H23Cl2N3O2. The van der Waals surface area contributed by atoms with Gasteiger partial charge in [-0.1, -0.05) is 35.3 Å². The number of benzene rings is 1. The third kappa shape index (κ3) is 6.34. The van der Waals surface area contributed by atoms with Crippen LogP contribution in [0.2, 0.25) is 10.0 Å². The maximum atomic E-state index is 12.1. The van der Waals surface area contributed by atoms with E-state index in [1.54, 1.807) is 12.1 Å². The Bertz CT molecular complexity index is 649. The molecule has 1 fully saturated rings. The topological polar surface area (TPSA) is 70.2 Å². The molecule has 0 aromatic heterocycles. The lowest BCUT2D eigenvalue weighted by Crippen LogP contribution is -2.45. The molecule has 7 heteroatoms. The summed E-state index contributed by atoms with van der Waals surface area (Å²) in [4.78, 5) is 24.0. The van der Waals surface area contributed by atoms with Gasteiger partial charge >= 0.3 is 0 Å². The fourth-order valence-electron chi connectivity index (χ4n) is 2.69. The highest BCUT2D eigenvalue weighted by Crippen LogP contribution is 2.23. The van der Waals surface area contributed by atoms with Crippen molar-refractivity contribution in [1.82, 2.24) is 16.0 Å². The van der Waals surface area contributed by atoms with Crippen LogP contribution in [0.5, 0.6) is 0 Å². The second kappa shape index (κ2) is 9.80. The van der Waals surface area contributed by atoms with Crippen molar-refractivity contribution in [1.29, 1.82) is 0 Å². The van der Waals surface area contributed by atoms with E-state index in [4.69, 9.17) is 23.2 Å². The lowest BCUT2D eigenvalue weighted by Gasteiger charge is -2.15. The molecule has 1 aromatic rings. The highest BCUT2D eigenvalue weighted by molar-refractivity contribution is 6.42. The summed E-state index contributed by atoms with van der Waals surface area (Å²) in [7, 11) is 1.82. The summed E-state index contributed by atoms with van der Waals surface area (Å²) in [6, 6.07) is 4.99. The van der Waals surface area contributed by atoms with Crippen LogP contribution in [0.4, 0.5) is 0 Å². The van der Waals surface area contributed by atoms with Gasteiger partial charge in [0.2, 0.25) is 11.8 Å². The molecule has 1 aromatic carbocycles. The number of halogens is 2. The Morgan fingerprint density at radius 3 is 2.88 bits per heavy atom. The largest absolute Gasteiger partial charge is 0.354 e. The van der Waals surface area contributed by atoms with Gasteiger partial charge in [-0.05, 0) is 50.4 Å². The maximum Gasteiger partial charge on any atom is 0.244 e. The maximum absolute atomic E-state index is 12.1. The van der Waals surface area contributed by atoms with E-state index < -0.39 is 6.04 Å². The average molecular weight is 384 g/mol. The lowest BCUT2D eigenvalue weighted by molar-refractivity contribution is -0.126. The molecule has 0 radical (unpaired) electrons. The molecule has 0 bridgehead atoms. The summed E-state index contributed by atoms with van der Waals surface area (Å²) in [5, 5.41) is 9.74. The Labute approximate surface area is 158 Å². The lowest BCUT2D eigenvalue weighted by atomic mass is 10.1. The van der Waals surface area contributed by atoms with E-state index in [1.165, 1.54) is 6.08 Å². The summed E-state index contributed by atoms with van der Waals surface area (Å²) < 4.78 is 0. The predicted molar refractivity (Wildman–Crippen MR) is 101 cm³/mol. The van der Waals surface area contributed by atoms with Crippen LogP contribution in [0, 0.1) is 0 Å². The molecule has 136 valence electrons. The predicted octanol–water partition coefficient (Wildman–Crippen LogP) is 2.47. The van der Waals surface area contributed by atoms with Gasteiger partial charge in [-0.2, -0.15) is 0 Å². The number of hydrogen-bond acceptors (Lipinski definition) is 3. The molecule has 1 aliphatic heterocycles. The number of hydrogen-bond donors (Lipinski definition) is 3. The second-order valence-electron chi connectivity index (χ2n) is 6.05. The number of amides is 2. The first kappa shape index (κ1) is 19.8. The second-order valence-corrected chi connectivity index (χ2v) is 6.87. The van der Waals surface area contributed by atoms with Crippen molar-refractivity contribution in [2.24, 2.45) is 0 Å². The zero-order valence-electron chi connectivity index (χ0n) is 14.1. The first-order chi connectivity index (χ1) is 12.0. The van der Waals surface area contributed by atoms with Gasteiger partial charge in [0.15, 0.2) is 0 Å². The Kier molecular flexibility index (Phi) is 7.75. The minimum absolute atomic E-state index is 0.0362. The summed E-state index contributed by atoms with van der Waals surface area (Å²) in [5.41, 5.74) is 1.02. The van der Waals surface area contributed by atoms with Crippen molar-refractivity contribution in [2.75, 3.05) is 13.6 Å². The molecule has 3 N–H and O–H groups in total. The average Bonchev–Trinajstić information content (AvgIpc) is 2.79. The van der Waals surface area contributed by atoms with Gasteiger partial charge in [0.25, 0.3) is 0 Å². The standard InChI is InChI=1S/C18H23Cl2N3O2/c1-21-13(10-12-5-7-14(19)15(20)11-12)6-8-17(24)23-16-4-2-3-9-22-18(16)25/h5-8,11,13,16,21H,2-4,9-10H2,1H3,(H,22,25)(H,23,24)/b8-6+/t13-,16+/m0/s1. The van der Waals surface area contributed by atoms with Crippen molar-refractivity contribution >= 4 is 35.0 Å². The molecule has 0 aliphatic carbocycles. The minimum Gasteiger partial charge on any atom is -0.354 e. The van der Waals surface area contributed by atoms with Crippen LogP contribution in [0.3, 0.4) is 0 Å². The van der Waals surface area contributed by atoms with Crippen LogP contribution < -0.4 is 16.0 Å². The Hall–Kier alpha value is -1.56. The van der Waals surface area contributed by atoms with Crippen molar-refractivity contribution in [3.63, 3.8) is 0 Å². The van der Waals surface area contributed by atoms with Crippen LogP contribution >= 0.6 is 23.2 Å². The van der Waals surface area contributed by atoms with Crippen LogP contribution in [0.1, 0.15) is 24.8 Å².